The highest BCUT2D eigenvalue weighted by Crippen LogP contribution is 2.22. The molecule has 0 aromatic heterocycles. The first kappa shape index (κ1) is 13.2. The number of allylic oxidation sites excluding steroid dienone is 2. The van der Waals surface area contributed by atoms with Gasteiger partial charge in [-0.25, -0.2) is 0 Å². The Hall–Kier alpha value is -2.28. The van der Waals surface area contributed by atoms with Crippen molar-refractivity contribution in [2.24, 2.45) is 0 Å². The second-order valence-electron chi connectivity index (χ2n) is 4.41. The van der Waals surface area contributed by atoms with Gasteiger partial charge in [-0.05, 0) is 35.8 Å². The lowest BCUT2D eigenvalue weighted by Crippen LogP contribution is -1.95. The van der Waals surface area contributed by atoms with Crippen molar-refractivity contribution in [2.45, 2.75) is 13.3 Å². The van der Waals surface area contributed by atoms with Crippen LogP contribution >= 0.6 is 0 Å². The molecule has 0 aliphatic heterocycles. The molecule has 0 radical (unpaired) electrons. The number of nitrogens with one attached hydrogen (secondary N) is 1. The van der Waals surface area contributed by atoms with Crippen LogP contribution in [0, 0.1) is 0 Å². The summed E-state index contributed by atoms with van der Waals surface area (Å²) in [5.41, 5.74) is 4.40. The smallest absolute Gasteiger partial charge is 0.0390 e. The molecular formula is C18H19N. The zero-order valence-electron chi connectivity index (χ0n) is 11.3. The summed E-state index contributed by atoms with van der Waals surface area (Å²) in [5.74, 6) is 0. The van der Waals surface area contributed by atoms with Gasteiger partial charge in [0.15, 0.2) is 0 Å². The molecule has 2 aromatic rings. The number of rotatable bonds is 5. The van der Waals surface area contributed by atoms with Gasteiger partial charge < -0.3 is 5.32 Å². The molecule has 0 unspecified atom stereocenters. The van der Waals surface area contributed by atoms with Gasteiger partial charge in [0.2, 0.25) is 0 Å². The Bertz CT molecular complexity index is 567. The number of anilines is 1. The standard InChI is InChI=1S/C18H19N/c1-3-4-9-15(2)19-18-13-8-12-17(14-18)16-10-6-5-7-11-16/h4-14,19H,2-3H2,1H3/b9-4-. The molecule has 0 aliphatic rings. The fourth-order valence-electron chi connectivity index (χ4n) is 1.89. The van der Waals surface area contributed by atoms with E-state index < -0.39 is 0 Å². The van der Waals surface area contributed by atoms with E-state index in [2.05, 4.69) is 73.4 Å². The minimum atomic E-state index is 0.909. The highest BCUT2D eigenvalue weighted by molar-refractivity contribution is 5.68. The van der Waals surface area contributed by atoms with Crippen LogP contribution in [-0.4, -0.2) is 0 Å². The van der Waals surface area contributed by atoms with Crippen molar-refractivity contribution in [2.75, 3.05) is 5.32 Å². The quantitative estimate of drug-likeness (QED) is 0.714. The van der Waals surface area contributed by atoms with Crippen LogP contribution in [-0.2, 0) is 0 Å². The van der Waals surface area contributed by atoms with E-state index in [0.717, 1.165) is 17.8 Å². The van der Waals surface area contributed by atoms with Gasteiger partial charge in [0, 0.05) is 11.4 Å². The van der Waals surface area contributed by atoms with E-state index in [9.17, 15) is 0 Å². The molecule has 0 bridgehead atoms. The van der Waals surface area contributed by atoms with Crippen molar-refractivity contribution in [3.05, 3.63) is 79.0 Å². The molecule has 0 heterocycles. The van der Waals surface area contributed by atoms with E-state index in [1.54, 1.807) is 0 Å². The van der Waals surface area contributed by atoms with Crippen molar-refractivity contribution in [3.63, 3.8) is 0 Å². The minimum absolute atomic E-state index is 0.909. The predicted molar refractivity (Wildman–Crippen MR) is 84.1 cm³/mol. The van der Waals surface area contributed by atoms with Crippen molar-refractivity contribution in [3.8, 4) is 11.1 Å². The molecule has 19 heavy (non-hydrogen) atoms. The lowest BCUT2D eigenvalue weighted by Gasteiger charge is -2.08. The maximum absolute atomic E-state index is 3.99. The molecule has 1 N–H and O–H groups in total. The summed E-state index contributed by atoms with van der Waals surface area (Å²) in [6.45, 7) is 6.10. The van der Waals surface area contributed by atoms with E-state index in [4.69, 9.17) is 0 Å². The maximum Gasteiger partial charge on any atom is 0.0390 e. The van der Waals surface area contributed by atoms with E-state index >= 15 is 0 Å². The third kappa shape index (κ3) is 3.85. The van der Waals surface area contributed by atoms with Gasteiger partial charge in [0.05, 0.1) is 0 Å². The fraction of sp³-hybridized carbons (Fsp3) is 0.111. The molecule has 0 saturated heterocycles. The second-order valence-corrected chi connectivity index (χ2v) is 4.41. The fourth-order valence-corrected chi connectivity index (χ4v) is 1.89. The second kappa shape index (κ2) is 6.60. The highest BCUT2D eigenvalue weighted by atomic mass is 14.9. The Kier molecular flexibility index (Phi) is 4.57. The average molecular weight is 249 g/mol. The first-order valence-electron chi connectivity index (χ1n) is 6.57. The van der Waals surface area contributed by atoms with Crippen LogP contribution in [0.3, 0.4) is 0 Å². The largest absolute Gasteiger partial charge is 0.356 e. The third-order valence-corrected chi connectivity index (χ3v) is 2.83. The summed E-state index contributed by atoms with van der Waals surface area (Å²) in [4.78, 5) is 0. The Morgan fingerprint density at radius 1 is 1.05 bits per heavy atom. The van der Waals surface area contributed by atoms with Crippen molar-refractivity contribution < 1.29 is 0 Å². The van der Waals surface area contributed by atoms with Gasteiger partial charge in [0.25, 0.3) is 0 Å². The summed E-state index contributed by atoms with van der Waals surface area (Å²) in [5, 5.41) is 3.31. The number of hydrogen-bond donors (Lipinski definition) is 1. The van der Waals surface area contributed by atoms with Crippen molar-refractivity contribution in [1.29, 1.82) is 0 Å². The zero-order chi connectivity index (χ0) is 13.5. The summed E-state index contributed by atoms with van der Waals surface area (Å²) < 4.78 is 0. The molecule has 0 amide bonds. The first-order valence-corrected chi connectivity index (χ1v) is 6.57. The molecular weight excluding hydrogens is 230 g/mol. The molecule has 2 aromatic carbocycles. The summed E-state index contributed by atoms with van der Waals surface area (Å²) in [6.07, 6.45) is 5.12. The minimum Gasteiger partial charge on any atom is -0.356 e. The predicted octanol–water partition coefficient (Wildman–Crippen LogP) is 5.25. The van der Waals surface area contributed by atoms with Crippen molar-refractivity contribution >= 4 is 5.69 Å². The Morgan fingerprint density at radius 3 is 2.53 bits per heavy atom. The average Bonchev–Trinajstić information content (AvgIpc) is 2.46. The van der Waals surface area contributed by atoms with Gasteiger partial charge in [-0.1, -0.05) is 62.0 Å². The molecule has 96 valence electrons. The number of hydrogen-bond acceptors (Lipinski definition) is 1. The van der Waals surface area contributed by atoms with Gasteiger partial charge in [0.1, 0.15) is 0 Å². The van der Waals surface area contributed by atoms with E-state index in [-0.39, 0.29) is 0 Å². The SMILES string of the molecule is C=C(/C=C\CC)Nc1cccc(-c2ccccc2)c1. The monoisotopic (exact) mass is 249 g/mol. The zero-order valence-corrected chi connectivity index (χ0v) is 11.3. The summed E-state index contributed by atoms with van der Waals surface area (Å²) in [6, 6.07) is 18.7. The van der Waals surface area contributed by atoms with Gasteiger partial charge in [-0.3, -0.25) is 0 Å². The van der Waals surface area contributed by atoms with Crippen LogP contribution in [0.25, 0.3) is 11.1 Å². The molecule has 2 rings (SSSR count). The maximum atomic E-state index is 3.99. The Morgan fingerprint density at radius 2 is 1.79 bits per heavy atom. The number of benzene rings is 2. The molecule has 0 spiro atoms. The van der Waals surface area contributed by atoms with Crippen LogP contribution in [0.15, 0.2) is 79.0 Å². The summed E-state index contributed by atoms with van der Waals surface area (Å²) >= 11 is 0. The molecule has 1 nitrogen and oxygen atoms in total. The van der Waals surface area contributed by atoms with E-state index in [0.29, 0.717) is 0 Å². The van der Waals surface area contributed by atoms with Gasteiger partial charge >= 0.3 is 0 Å². The van der Waals surface area contributed by atoms with Crippen LogP contribution in [0.2, 0.25) is 0 Å². The van der Waals surface area contributed by atoms with E-state index in [1.165, 1.54) is 11.1 Å². The topological polar surface area (TPSA) is 12.0 Å². The lowest BCUT2D eigenvalue weighted by atomic mass is 10.1. The molecule has 0 atom stereocenters. The Labute approximate surface area is 115 Å². The molecule has 1 heteroatoms. The van der Waals surface area contributed by atoms with Crippen LogP contribution < -0.4 is 5.32 Å². The van der Waals surface area contributed by atoms with Crippen LogP contribution in [0.4, 0.5) is 5.69 Å². The molecule has 0 aliphatic carbocycles. The third-order valence-electron chi connectivity index (χ3n) is 2.83. The summed E-state index contributed by atoms with van der Waals surface area (Å²) in [7, 11) is 0. The first-order chi connectivity index (χ1) is 9.29. The lowest BCUT2D eigenvalue weighted by molar-refractivity contribution is 1.22. The molecule has 0 saturated carbocycles. The normalized spacial score (nSPS) is 10.6. The van der Waals surface area contributed by atoms with Crippen molar-refractivity contribution in [1.82, 2.24) is 0 Å². The van der Waals surface area contributed by atoms with Gasteiger partial charge in [-0.2, -0.15) is 0 Å². The molecule has 0 fully saturated rings. The van der Waals surface area contributed by atoms with Gasteiger partial charge in [-0.15, -0.1) is 0 Å². The Balaban J connectivity index is 2.16. The van der Waals surface area contributed by atoms with E-state index in [1.807, 2.05) is 12.1 Å². The van der Waals surface area contributed by atoms with Crippen LogP contribution in [0.5, 0.6) is 0 Å². The highest BCUT2D eigenvalue weighted by Gasteiger charge is 1.98. The van der Waals surface area contributed by atoms with Crippen LogP contribution in [0.1, 0.15) is 13.3 Å².